The third-order valence-corrected chi connectivity index (χ3v) is 5.67. The molecule has 0 radical (unpaired) electrons. The molecule has 0 fully saturated rings. The molecule has 1 N–H and O–H groups in total. The predicted octanol–water partition coefficient (Wildman–Crippen LogP) is 5.24. The molecule has 32 heavy (non-hydrogen) atoms. The van der Waals surface area contributed by atoms with Gasteiger partial charge < -0.3 is 14.4 Å². The van der Waals surface area contributed by atoms with Crippen LogP contribution >= 0.6 is 0 Å². The lowest BCUT2D eigenvalue weighted by Crippen LogP contribution is -2.06. The van der Waals surface area contributed by atoms with Crippen LogP contribution in [0.2, 0.25) is 0 Å². The molecule has 0 aliphatic carbocycles. The second kappa shape index (κ2) is 8.83. The van der Waals surface area contributed by atoms with Crippen LogP contribution in [0, 0.1) is 20.8 Å². The van der Waals surface area contributed by atoms with Crippen LogP contribution in [-0.2, 0) is 19.6 Å². The minimum Gasteiger partial charge on any atom is -0.489 e. The zero-order valence-electron chi connectivity index (χ0n) is 18.8. The van der Waals surface area contributed by atoms with Crippen LogP contribution in [0.1, 0.15) is 51.1 Å². The highest BCUT2D eigenvalue weighted by molar-refractivity contribution is 5.87. The number of hydrogen-bond acceptors (Lipinski definition) is 4. The summed E-state index contributed by atoms with van der Waals surface area (Å²) in [4.78, 5) is 20.7. The fourth-order valence-electron chi connectivity index (χ4n) is 3.91. The van der Waals surface area contributed by atoms with E-state index in [9.17, 15) is 4.79 Å². The molecule has 0 aliphatic heterocycles. The third kappa shape index (κ3) is 4.35. The molecule has 0 unspecified atom stereocenters. The topological polar surface area (TPSA) is 77.2 Å². The molecule has 2 aromatic heterocycles. The first-order chi connectivity index (χ1) is 15.4. The monoisotopic (exact) mass is 429 g/mol. The molecule has 4 rings (SSSR count). The molecule has 6 heteroatoms. The van der Waals surface area contributed by atoms with Crippen LogP contribution in [0.3, 0.4) is 0 Å². The number of carboxylic acids is 1. The summed E-state index contributed by atoms with van der Waals surface area (Å²) >= 11 is 0. The van der Waals surface area contributed by atoms with Crippen molar-refractivity contribution in [2.75, 3.05) is 0 Å². The Morgan fingerprint density at radius 2 is 1.75 bits per heavy atom. The molecule has 4 aromatic rings. The quantitative estimate of drug-likeness (QED) is 0.434. The molecule has 6 nitrogen and oxygen atoms in total. The first-order valence-corrected chi connectivity index (χ1v) is 10.7. The van der Waals surface area contributed by atoms with Gasteiger partial charge in [-0.1, -0.05) is 25.1 Å². The highest BCUT2D eigenvalue weighted by Crippen LogP contribution is 2.22. The van der Waals surface area contributed by atoms with E-state index < -0.39 is 5.97 Å². The maximum Gasteiger partial charge on any atom is 0.335 e. The Bertz CT molecular complexity index is 1290. The fraction of sp³-hybridized carbons (Fsp3) is 0.269. The van der Waals surface area contributed by atoms with Gasteiger partial charge in [0.2, 0.25) is 0 Å². The van der Waals surface area contributed by atoms with Crippen molar-refractivity contribution in [3.8, 4) is 5.75 Å². The van der Waals surface area contributed by atoms with E-state index in [-0.39, 0.29) is 5.56 Å². The number of fused-ring (bicyclic) bond motifs is 1. The Labute approximate surface area is 187 Å². The zero-order valence-corrected chi connectivity index (χ0v) is 18.8. The van der Waals surface area contributed by atoms with Crippen molar-refractivity contribution in [2.45, 2.75) is 47.3 Å². The van der Waals surface area contributed by atoms with Crippen molar-refractivity contribution in [1.82, 2.24) is 14.5 Å². The van der Waals surface area contributed by atoms with Gasteiger partial charge in [-0.3, -0.25) is 0 Å². The van der Waals surface area contributed by atoms with Gasteiger partial charge in [-0.2, -0.15) is 0 Å². The SMILES string of the molecule is CCc1nc2c(C)cc(C)nc2n1Cc1ccc(OCc2ccc(C(=O)O)cc2C)cc1. The standard InChI is InChI=1S/C26H27N3O3/c1-5-23-28-24-17(3)12-18(4)27-25(24)29(23)14-19-6-10-22(11-7-19)32-15-21-9-8-20(26(30)31)13-16(21)2/h6-13H,5,14-15H2,1-4H3,(H,30,31). The zero-order chi connectivity index (χ0) is 22.8. The van der Waals surface area contributed by atoms with E-state index in [0.29, 0.717) is 13.2 Å². The largest absolute Gasteiger partial charge is 0.489 e. The van der Waals surface area contributed by atoms with Crippen molar-refractivity contribution in [3.05, 3.63) is 87.9 Å². The Morgan fingerprint density at radius 1 is 1.00 bits per heavy atom. The summed E-state index contributed by atoms with van der Waals surface area (Å²) in [7, 11) is 0. The summed E-state index contributed by atoms with van der Waals surface area (Å²) in [6, 6.07) is 15.2. The van der Waals surface area contributed by atoms with E-state index in [4.69, 9.17) is 19.8 Å². The Balaban J connectivity index is 1.50. The number of pyridine rings is 1. The molecule has 0 saturated heterocycles. The van der Waals surface area contributed by atoms with Crippen LogP contribution in [-0.4, -0.2) is 25.6 Å². The van der Waals surface area contributed by atoms with Gasteiger partial charge in [-0.25, -0.2) is 14.8 Å². The maximum atomic E-state index is 11.1. The van der Waals surface area contributed by atoms with Gasteiger partial charge in [-0.15, -0.1) is 0 Å². The molecule has 0 spiro atoms. The molecular weight excluding hydrogens is 402 g/mol. The lowest BCUT2D eigenvalue weighted by Gasteiger charge is -2.11. The second-order valence-corrected chi connectivity index (χ2v) is 8.10. The van der Waals surface area contributed by atoms with E-state index in [2.05, 4.69) is 36.6 Å². The van der Waals surface area contributed by atoms with Gasteiger partial charge in [0, 0.05) is 12.1 Å². The third-order valence-electron chi connectivity index (χ3n) is 5.67. The number of aromatic nitrogens is 3. The van der Waals surface area contributed by atoms with Crippen molar-refractivity contribution in [1.29, 1.82) is 0 Å². The normalized spacial score (nSPS) is 11.1. The van der Waals surface area contributed by atoms with Crippen LogP contribution < -0.4 is 4.74 Å². The second-order valence-electron chi connectivity index (χ2n) is 8.10. The predicted molar refractivity (Wildman–Crippen MR) is 124 cm³/mol. The van der Waals surface area contributed by atoms with Crippen molar-refractivity contribution >= 4 is 17.1 Å². The van der Waals surface area contributed by atoms with Crippen LogP contribution in [0.15, 0.2) is 48.5 Å². The number of ether oxygens (including phenoxy) is 1. The number of carboxylic acid groups (broad SMARTS) is 1. The van der Waals surface area contributed by atoms with Gasteiger partial charge in [0.1, 0.15) is 23.7 Å². The Hall–Kier alpha value is -3.67. The maximum absolute atomic E-state index is 11.1. The van der Waals surface area contributed by atoms with E-state index in [0.717, 1.165) is 57.1 Å². The Kier molecular flexibility index (Phi) is 5.95. The highest BCUT2D eigenvalue weighted by atomic mass is 16.5. The molecule has 0 bridgehead atoms. The molecule has 0 amide bonds. The number of rotatable bonds is 7. The molecule has 2 heterocycles. The summed E-state index contributed by atoms with van der Waals surface area (Å²) in [5.41, 5.74) is 7.34. The number of hydrogen-bond donors (Lipinski definition) is 1. The summed E-state index contributed by atoms with van der Waals surface area (Å²) in [6.07, 6.45) is 0.843. The van der Waals surface area contributed by atoms with E-state index in [1.807, 2.05) is 26.0 Å². The molecule has 164 valence electrons. The van der Waals surface area contributed by atoms with Crippen LogP contribution in [0.5, 0.6) is 5.75 Å². The first-order valence-electron chi connectivity index (χ1n) is 10.7. The van der Waals surface area contributed by atoms with Crippen molar-refractivity contribution in [2.24, 2.45) is 0 Å². The van der Waals surface area contributed by atoms with E-state index >= 15 is 0 Å². The molecule has 2 aromatic carbocycles. The summed E-state index contributed by atoms with van der Waals surface area (Å²) in [6.45, 7) is 9.19. The lowest BCUT2D eigenvalue weighted by atomic mass is 10.1. The highest BCUT2D eigenvalue weighted by Gasteiger charge is 2.14. The van der Waals surface area contributed by atoms with Crippen molar-refractivity contribution < 1.29 is 14.6 Å². The van der Waals surface area contributed by atoms with Gasteiger partial charge in [-0.05, 0) is 73.4 Å². The van der Waals surface area contributed by atoms with Crippen molar-refractivity contribution in [3.63, 3.8) is 0 Å². The first kappa shape index (κ1) is 21.6. The smallest absolute Gasteiger partial charge is 0.335 e. The Morgan fingerprint density at radius 3 is 2.41 bits per heavy atom. The van der Waals surface area contributed by atoms with Crippen LogP contribution in [0.25, 0.3) is 11.2 Å². The number of nitrogens with zero attached hydrogens (tertiary/aromatic N) is 3. The molecular formula is C26H27N3O3. The summed E-state index contributed by atoms with van der Waals surface area (Å²) < 4.78 is 8.12. The number of aromatic carboxylic acids is 1. The van der Waals surface area contributed by atoms with Crippen LogP contribution in [0.4, 0.5) is 0 Å². The minimum absolute atomic E-state index is 0.286. The minimum atomic E-state index is -0.923. The molecule has 0 aliphatic rings. The number of benzene rings is 2. The lowest BCUT2D eigenvalue weighted by molar-refractivity contribution is 0.0696. The number of carbonyl (C=O) groups is 1. The van der Waals surface area contributed by atoms with E-state index in [1.54, 1.807) is 18.2 Å². The molecule has 0 atom stereocenters. The summed E-state index contributed by atoms with van der Waals surface area (Å²) in [5.74, 6) is 0.877. The number of aryl methyl sites for hydroxylation is 4. The fourth-order valence-corrected chi connectivity index (χ4v) is 3.91. The number of imidazole rings is 1. The molecule has 0 saturated carbocycles. The average Bonchev–Trinajstić information content (AvgIpc) is 3.11. The van der Waals surface area contributed by atoms with Gasteiger partial charge in [0.05, 0.1) is 12.1 Å². The van der Waals surface area contributed by atoms with Gasteiger partial charge in [0.15, 0.2) is 5.65 Å². The van der Waals surface area contributed by atoms with E-state index in [1.165, 1.54) is 0 Å². The summed E-state index contributed by atoms with van der Waals surface area (Å²) in [5, 5.41) is 9.10. The average molecular weight is 430 g/mol. The van der Waals surface area contributed by atoms with Gasteiger partial charge in [0.25, 0.3) is 0 Å². The van der Waals surface area contributed by atoms with Gasteiger partial charge >= 0.3 is 5.97 Å².